The first-order valence-electron chi connectivity index (χ1n) is 7.59. The Hall–Kier alpha value is -1.33. The predicted octanol–water partition coefficient (Wildman–Crippen LogP) is 3.80. The van der Waals surface area contributed by atoms with E-state index < -0.39 is 8.32 Å². The molecule has 0 fully saturated rings. The van der Waals surface area contributed by atoms with Crippen LogP contribution in [0, 0.1) is 0 Å². The maximum Gasteiger partial charge on any atom is 0.310 e. The van der Waals surface area contributed by atoms with Crippen molar-refractivity contribution >= 4 is 14.3 Å². The minimum absolute atomic E-state index is 0.190. The smallest absolute Gasteiger partial charge is 0.310 e. The van der Waals surface area contributed by atoms with Crippen molar-refractivity contribution < 1.29 is 18.7 Å². The molecular weight excluding hydrogens is 296 g/mol. The maximum absolute atomic E-state index is 11.4. The van der Waals surface area contributed by atoms with Crippen molar-refractivity contribution in [3.63, 3.8) is 0 Å². The Balaban J connectivity index is 2.54. The summed E-state index contributed by atoms with van der Waals surface area (Å²) in [5.41, 5.74) is 0.835. The van der Waals surface area contributed by atoms with E-state index in [4.69, 9.17) is 13.9 Å². The number of carbonyl (C=O) groups is 1. The van der Waals surface area contributed by atoms with Crippen LogP contribution < -0.4 is 4.74 Å². The summed E-state index contributed by atoms with van der Waals surface area (Å²) in [6.07, 6.45) is 0.218. The summed E-state index contributed by atoms with van der Waals surface area (Å²) in [4.78, 5) is 11.4. The summed E-state index contributed by atoms with van der Waals surface area (Å²) in [5.74, 6) is 0.445. The molecule has 0 aliphatic rings. The van der Waals surface area contributed by atoms with Crippen molar-refractivity contribution in [2.75, 3.05) is 20.3 Å². The van der Waals surface area contributed by atoms with E-state index in [-0.39, 0.29) is 17.4 Å². The summed E-state index contributed by atoms with van der Waals surface area (Å²) in [6, 6.07) is 7.52. The average molecular weight is 324 g/mol. The quantitative estimate of drug-likeness (QED) is 0.435. The summed E-state index contributed by atoms with van der Waals surface area (Å²) >= 11 is 0. The van der Waals surface area contributed by atoms with Gasteiger partial charge in [0.2, 0.25) is 0 Å². The van der Waals surface area contributed by atoms with Gasteiger partial charge < -0.3 is 13.9 Å². The molecule has 0 unspecified atom stereocenters. The molecule has 0 radical (unpaired) electrons. The lowest BCUT2D eigenvalue weighted by Crippen LogP contribution is -2.41. The van der Waals surface area contributed by atoms with Crippen LogP contribution in [0.15, 0.2) is 24.3 Å². The van der Waals surface area contributed by atoms with Crippen molar-refractivity contribution in [2.45, 2.75) is 45.3 Å². The highest BCUT2D eigenvalue weighted by molar-refractivity contribution is 6.74. The number of hydrogen-bond acceptors (Lipinski definition) is 4. The molecule has 1 rings (SSSR count). The topological polar surface area (TPSA) is 44.8 Å². The minimum Gasteiger partial charge on any atom is -0.491 e. The fourth-order valence-corrected chi connectivity index (χ4v) is 2.71. The first kappa shape index (κ1) is 18.7. The zero-order valence-corrected chi connectivity index (χ0v) is 15.6. The van der Waals surface area contributed by atoms with Gasteiger partial charge in [-0.2, -0.15) is 0 Å². The van der Waals surface area contributed by atoms with Crippen LogP contribution >= 0.6 is 0 Å². The summed E-state index contributed by atoms with van der Waals surface area (Å²) in [7, 11) is -0.355. The molecule has 0 aliphatic heterocycles. The zero-order valence-electron chi connectivity index (χ0n) is 14.6. The first-order chi connectivity index (χ1) is 10.2. The van der Waals surface area contributed by atoms with Crippen LogP contribution in [0.4, 0.5) is 0 Å². The van der Waals surface area contributed by atoms with E-state index in [0.717, 1.165) is 5.56 Å². The maximum atomic E-state index is 11.4. The molecule has 0 spiro atoms. The Labute approximate surface area is 134 Å². The molecule has 0 N–H and O–H groups in total. The van der Waals surface area contributed by atoms with E-state index in [2.05, 4.69) is 33.9 Å². The first-order valence-corrected chi connectivity index (χ1v) is 10.5. The van der Waals surface area contributed by atoms with Crippen molar-refractivity contribution in [3.8, 4) is 5.75 Å². The van der Waals surface area contributed by atoms with Crippen LogP contribution in [0.25, 0.3) is 0 Å². The van der Waals surface area contributed by atoms with Crippen LogP contribution in [-0.4, -0.2) is 34.6 Å². The molecule has 0 bridgehead atoms. The van der Waals surface area contributed by atoms with Crippen molar-refractivity contribution in [1.82, 2.24) is 0 Å². The molecule has 124 valence electrons. The van der Waals surface area contributed by atoms with Crippen molar-refractivity contribution in [2.24, 2.45) is 0 Å². The summed E-state index contributed by atoms with van der Waals surface area (Å²) < 4.78 is 16.6. The van der Waals surface area contributed by atoms with Crippen LogP contribution in [0.2, 0.25) is 18.1 Å². The second-order valence-corrected chi connectivity index (χ2v) is 11.6. The van der Waals surface area contributed by atoms with Gasteiger partial charge in [0.1, 0.15) is 12.4 Å². The van der Waals surface area contributed by atoms with Gasteiger partial charge in [-0.1, -0.05) is 39.0 Å². The average Bonchev–Trinajstić information content (AvgIpc) is 2.43. The van der Waals surface area contributed by atoms with Gasteiger partial charge in [-0.25, -0.2) is 0 Å². The lowest BCUT2D eigenvalue weighted by Gasteiger charge is -2.36. The Kier molecular flexibility index (Phi) is 6.62. The lowest BCUT2D eigenvalue weighted by atomic mass is 10.1. The van der Waals surface area contributed by atoms with Gasteiger partial charge in [-0.05, 0) is 24.2 Å². The fourth-order valence-electron chi connectivity index (χ4n) is 1.68. The third-order valence-electron chi connectivity index (χ3n) is 4.15. The van der Waals surface area contributed by atoms with Gasteiger partial charge in [-0.3, -0.25) is 4.79 Å². The monoisotopic (exact) mass is 324 g/mol. The molecule has 1 aromatic rings. The number of esters is 1. The highest BCUT2D eigenvalue weighted by Gasteiger charge is 2.36. The van der Waals surface area contributed by atoms with Gasteiger partial charge in [0.25, 0.3) is 0 Å². The van der Waals surface area contributed by atoms with Gasteiger partial charge in [0, 0.05) is 5.56 Å². The summed E-state index contributed by atoms with van der Waals surface area (Å²) in [5, 5.41) is 0.190. The fraction of sp³-hybridized carbons (Fsp3) is 0.588. The minimum atomic E-state index is -1.74. The predicted molar refractivity (Wildman–Crippen MR) is 90.8 cm³/mol. The van der Waals surface area contributed by atoms with Crippen molar-refractivity contribution in [3.05, 3.63) is 29.8 Å². The number of rotatable bonds is 7. The van der Waals surface area contributed by atoms with Gasteiger partial charge >= 0.3 is 5.97 Å². The van der Waals surface area contributed by atoms with Crippen LogP contribution in [-0.2, 0) is 20.4 Å². The second kappa shape index (κ2) is 7.79. The number of methoxy groups -OCH3 is 1. The normalized spacial score (nSPS) is 12.1. The van der Waals surface area contributed by atoms with E-state index >= 15 is 0 Å². The van der Waals surface area contributed by atoms with Gasteiger partial charge in [-0.15, -0.1) is 0 Å². The second-order valence-electron chi connectivity index (χ2n) is 6.82. The molecule has 0 aliphatic carbocycles. The highest BCUT2D eigenvalue weighted by Crippen LogP contribution is 2.36. The van der Waals surface area contributed by atoms with E-state index in [1.165, 1.54) is 7.11 Å². The Morgan fingerprint density at radius 2 is 1.77 bits per heavy atom. The molecule has 0 heterocycles. The van der Waals surface area contributed by atoms with Crippen LogP contribution in [0.5, 0.6) is 5.75 Å². The molecule has 0 amide bonds. The summed E-state index contributed by atoms with van der Waals surface area (Å²) in [6.45, 7) is 12.1. The Morgan fingerprint density at radius 3 is 2.36 bits per heavy atom. The number of hydrogen-bond donors (Lipinski definition) is 0. The molecule has 22 heavy (non-hydrogen) atoms. The molecular formula is C17H28O4Si. The molecule has 0 saturated carbocycles. The van der Waals surface area contributed by atoms with Gasteiger partial charge in [0.15, 0.2) is 8.32 Å². The van der Waals surface area contributed by atoms with Crippen LogP contribution in [0.1, 0.15) is 26.3 Å². The molecule has 4 nitrogen and oxygen atoms in total. The Morgan fingerprint density at radius 1 is 1.14 bits per heavy atom. The molecule has 0 saturated heterocycles. The highest BCUT2D eigenvalue weighted by atomic mass is 28.4. The van der Waals surface area contributed by atoms with E-state index in [9.17, 15) is 4.79 Å². The van der Waals surface area contributed by atoms with Gasteiger partial charge in [0.05, 0.1) is 20.1 Å². The van der Waals surface area contributed by atoms with E-state index in [0.29, 0.717) is 19.0 Å². The van der Waals surface area contributed by atoms with Crippen LogP contribution in [0.3, 0.4) is 0 Å². The third-order valence-corrected chi connectivity index (χ3v) is 8.68. The van der Waals surface area contributed by atoms with E-state index in [1.807, 2.05) is 24.3 Å². The molecule has 0 aromatic heterocycles. The molecule has 5 heteroatoms. The number of carbonyl (C=O) groups excluding carboxylic acids is 1. The van der Waals surface area contributed by atoms with E-state index in [1.54, 1.807) is 0 Å². The number of para-hydroxylation sites is 1. The standard InChI is InChI=1S/C17H28O4Si/c1-17(2,3)22(5,6)21-12-11-20-15-10-8-7-9-14(15)13-16(18)19-4/h7-10H,11-13H2,1-6H3. The SMILES string of the molecule is COC(=O)Cc1ccccc1OCCO[Si](C)(C)C(C)(C)C. The number of ether oxygens (including phenoxy) is 2. The van der Waals surface area contributed by atoms with Crippen molar-refractivity contribution in [1.29, 1.82) is 0 Å². The third kappa shape index (κ3) is 5.46. The lowest BCUT2D eigenvalue weighted by molar-refractivity contribution is -0.139. The molecule has 1 aromatic carbocycles. The Bertz CT molecular complexity index is 492. The largest absolute Gasteiger partial charge is 0.491 e. The number of benzene rings is 1. The molecule has 0 atom stereocenters. The zero-order chi connectivity index (χ0) is 16.8.